The normalized spacial score (nSPS) is 14.8. The van der Waals surface area contributed by atoms with Gasteiger partial charge in [-0.05, 0) is 55.6 Å². The SMILES string of the molecule is CC(C)CCSc1nc2sc3c(c2c(=O)n1-c1ccc(Cl)cc1)CCN(C)C3. The lowest BCUT2D eigenvalue weighted by atomic mass is 10.1. The third kappa shape index (κ3) is 3.88. The fourth-order valence-electron chi connectivity index (χ4n) is 3.45. The van der Waals surface area contributed by atoms with Crippen LogP contribution >= 0.6 is 34.7 Å². The van der Waals surface area contributed by atoms with E-state index in [4.69, 9.17) is 16.6 Å². The maximum atomic E-state index is 13.6. The predicted molar refractivity (Wildman–Crippen MR) is 120 cm³/mol. The van der Waals surface area contributed by atoms with Gasteiger partial charge in [0.15, 0.2) is 5.16 Å². The van der Waals surface area contributed by atoms with E-state index in [2.05, 4.69) is 25.8 Å². The van der Waals surface area contributed by atoms with Crippen LogP contribution in [-0.4, -0.2) is 33.8 Å². The monoisotopic (exact) mass is 433 g/mol. The number of nitrogens with zero attached hydrogens (tertiary/aromatic N) is 3. The van der Waals surface area contributed by atoms with Crippen LogP contribution in [0.5, 0.6) is 0 Å². The summed E-state index contributed by atoms with van der Waals surface area (Å²) in [4.78, 5) is 23.0. The number of aromatic nitrogens is 2. The number of thiophene rings is 1. The maximum absolute atomic E-state index is 13.6. The van der Waals surface area contributed by atoms with E-state index in [0.29, 0.717) is 10.9 Å². The molecule has 0 N–H and O–H groups in total. The Hall–Kier alpha value is -1.34. The average Bonchev–Trinajstić information content (AvgIpc) is 3.00. The lowest BCUT2D eigenvalue weighted by molar-refractivity contribution is 0.318. The van der Waals surface area contributed by atoms with Gasteiger partial charge in [0, 0.05) is 28.7 Å². The van der Waals surface area contributed by atoms with Gasteiger partial charge in [0.1, 0.15) is 4.83 Å². The van der Waals surface area contributed by atoms with Crippen molar-refractivity contribution in [3.8, 4) is 5.69 Å². The number of halogens is 1. The van der Waals surface area contributed by atoms with E-state index in [1.807, 2.05) is 24.3 Å². The molecule has 0 atom stereocenters. The number of hydrogen-bond donors (Lipinski definition) is 0. The Bertz CT molecular complexity index is 1060. The minimum absolute atomic E-state index is 0.0430. The molecule has 0 spiro atoms. The molecule has 0 bridgehead atoms. The Balaban J connectivity index is 1.88. The minimum atomic E-state index is 0.0430. The lowest BCUT2D eigenvalue weighted by Crippen LogP contribution is -2.27. The van der Waals surface area contributed by atoms with Gasteiger partial charge in [-0.25, -0.2) is 4.98 Å². The highest BCUT2D eigenvalue weighted by Crippen LogP contribution is 2.34. The summed E-state index contributed by atoms with van der Waals surface area (Å²) in [5.41, 5.74) is 2.06. The highest BCUT2D eigenvalue weighted by molar-refractivity contribution is 7.99. The van der Waals surface area contributed by atoms with Gasteiger partial charge >= 0.3 is 0 Å². The molecule has 7 heteroatoms. The molecular formula is C21H24ClN3OS2. The van der Waals surface area contributed by atoms with Gasteiger partial charge < -0.3 is 4.90 Å². The van der Waals surface area contributed by atoms with Crippen molar-refractivity contribution >= 4 is 44.9 Å². The van der Waals surface area contributed by atoms with Crippen LogP contribution in [0.4, 0.5) is 0 Å². The van der Waals surface area contributed by atoms with Crippen LogP contribution in [0.3, 0.4) is 0 Å². The third-order valence-electron chi connectivity index (χ3n) is 5.05. The van der Waals surface area contributed by atoms with Crippen LogP contribution in [0, 0.1) is 5.92 Å². The van der Waals surface area contributed by atoms with Gasteiger partial charge in [0.05, 0.1) is 11.1 Å². The minimum Gasteiger partial charge on any atom is -0.301 e. The molecule has 0 aliphatic carbocycles. The van der Waals surface area contributed by atoms with Crippen molar-refractivity contribution in [3.05, 3.63) is 50.1 Å². The third-order valence-corrected chi connectivity index (χ3v) is 7.38. The fraction of sp³-hybridized carbons (Fsp3) is 0.429. The Kier molecular flexibility index (Phi) is 5.83. The summed E-state index contributed by atoms with van der Waals surface area (Å²) in [6.45, 7) is 6.30. The topological polar surface area (TPSA) is 38.1 Å². The Labute approximate surface area is 178 Å². The van der Waals surface area contributed by atoms with Crippen molar-refractivity contribution in [1.82, 2.24) is 14.5 Å². The largest absolute Gasteiger partial charge is 0.301 e. The molecule has 3 heterocycles. The highest BCUT2D eigenvalue weighted by Gasteiger charge is 2.24. The van der Waals surface area contributed by atoms with Crippen molar-refractivity contribution < 1.29 is 0 Å². The van der Waals surface area contributed by atoms with Crippen molar-refractivity contribution in [1.29, 1.82) is 0 Å². The van der Waals surface area contributed by atoms with E-state index in [-0.39, 0.29) is 5.56 Å². The van der Waals surface area contributed by atoms with Crippen LogP contribution in [0.1, 0.15) is 30.7 Å². The number of fused-ring (bicyclic) bond motifs is 3. The van der Waals surface area contributed by atoms with Crippen molar-refractivity contribution in [2.24, 2.45) is 5.92 Å². The average molecular weight is 434 g/mol. The van der Waals surface area contributed by atoms with Crippen molar-refractivity contribution in [3.63, 3.8) is 0 Å². The zero-order valence-corrected chi connectivity index (χ0v) is 18.8. The summed E-state index contributed by atoms with van der Waals surface area (Å²) in [6.07, 6.45) is 1.99. The summed E-state index contributed by atoms with van der Waals surface area (Å²) in [5.74, 6) is 1.56. The molecule has 148 valence electrons. The second kappa shape index (κ2) is 8.19. The van der Waals surface area contributed by atoms with Crippen LogP contribution in [0.25, 0.3) is 15.9 Å². The standard InChI is InChI=1S/C21H24ClN3OS2/c1-13(2)9-11-27-21-23-19-18(16-8-10-24(3)12-17(16)28-19)20(26)25(21)15-6-4-14(22)5-7-15/h4-7,13H,8-12H2,1-3H3. The molecule has 0 fully saturated rings. The van der Waals surface area contributed by atoms with Crippen molar-refractivity contribution in [2.45, 2.75) is 38.4 Å². The van der Waals surface area contributed by atoms with E-state index >= 15 is 0 Å². The smallest absolute Gasteiger partial charge is 0.267 e. The summed E-state index contributed by atoms with van der Waals surface area (Å²) in [5, 5.41) is 2.24. The Morgan fingerprint density at radius 3 is 2.75 bits per heavy atom. The summed E-state index contributed by atoms with van der Waals surface area (Å²) in [6, 6.07) is 7.45. The number of rotatable bonds is 5. The summed E-state index contributed by atoms with van der Waals surface area (Å²) < 4.78 is 1.77. The van der Waals surface area contributed by atoms with E-state index in [1.165, 1.54) is 10.4 Å². The number of benzene rings is 1. The molecular weight excluding hydrogens is 410 g/mol. The molecule has 3 aromatic rings. The second-order valence-electron chi connectivity index (χ2n) is 7.71. The van der Waals surface area contributed by atoms with Crippen LogP contribution in [-0.2, 0) is 13.0 Å². The van der Waals surface area contributed by atoms with E-state index in [1.54, 1.807) is 27.7 Å². The molecule has 2 aromatic heterocycles. The molecule has 1 aliphatic rings. The van der Waals surface area contributed by atoms with Gasteiger partial charge in [-0.1, -0.05) is 37.2 Å². The number of likely N-dealkylation sites (N-methyl/N-ethyl adjacent to an activating group) is 1. The van der Waals surface area contributed by atoms with Crippen LogP contribution in [0.2, 0.25) is 5.02 Å². The van der Waals surface area contributed by atoms with E-state index < -0.39 is 0 Å². The molecule has 4 nitrogen and oxygen atoms in total. The van der Waals surface area contributed by atoms with E-state index in [0.717, 1.165) is 52.7 Å². The molecule has 0 saturated carbocycles. The Morgan fingerprint density at radius 2 is 2.04 bits per heavy atom. The summed E-state index contributed by atoms with van der Waals surface area (Å²) in [7, 11) is 2.12. The van der Waals surface area contributed by atoms with Gasteiger partial charge in [0.25, 0.3) is 5.56 Å². The number of hydrogen-bond acceptors (Lipinski definition) is 5. The molecule has 28 heavy (non-hydrogen) atoms. The van der Waals surface area contributed by atoms with Gasteiger partial charge in [0.2, 0.25) is 0 Å². The van der Waals surface area contributed by atoms with Crippen molar-refractivity contribution in [2.75, 3.05) is 19.3 Å². The maximum Gasteiger partial charge on any atom is 0.267 e. The first kappa shape index (κ1) is 20.0. The lowest BCUT2D eigenvalue weighted by Gasteiger charge is -2.21. The zero-order valence-electron chi connectivity index (χ0n) is 16.4. The van der Waals surface area contributed by atoms with Gasteiger partial charge in [-0.15, -0.1) is 11.3 Å². The molecule has 0 radical (unpaired) electrons. The quantitative estimate of drug-likeness (QED) is 0.408. The van der Waals surface area contributed by atoms with Crippen LogP contribution < -0.4 is 5.56 Å². The molecule has 0 amide bonds. The summed E-state index contributed by atoms with van der Waals surface area (Å²) >= 11 is 9.41. The predicted octanol–water partition coefficient (Wildman–Crippen LogP) is 5.23. The fourth-order valence-corrected chi connectivity index (χ4v) is 6.17. The van der Waals surface area contributed by atoms with E-state index in [9.17, 15) is 4.79 Å². The zero-order chi connectivity index (χ0) is 19.8. The second-order valence-corrected chi connectivity index (χ2v) is 10.3. The number of thioether (sulfide) groups is 1. The first-order valence-corrected chi connectivity index (χ1v) is 11.8. The first-order valence-electron chi connectivity index (χ1n) is 9.58. The van der Waals surface area contributed by atoms with Crippen LogP contribution in [0.15, 0.2) is 34.2 Å². The molecule has 0 unspecified atom stereocenters. The molecule has 1 aliphatic heterocycles. The first-order chi connectivity index (χ1) is 13.4. The molecule has 4 rings (SSSR count). The molecule has 0 saturated heterocycles. The molecule has 1 aromatic carbocycles. The van der Waals surface area contributed by atoms with Gasteiger partial charge in [-0.3, -0.25) is 9.36 Å². The highest BCUT2D eigenvalue weighted by atomic mass is 35.5. The Morgan fingerprint density at radius 1 is 1.29 bits per heavy atom. The van der Waals surface area contributed by atoms with Gasteiger partial charge in [-0.2, -0.15) is 0 Å².